The lowest BCUT2D eigenvalue weighted by Gasteiger charge is -2.13. The fourth-order valence-electron chi connectivity index (χ4n) is 10.6. The fourth-order valence-corrected chi connectivity index (χ4v) is 10.6. The Hall–Kier alpha value is -10.0. The zero-order valence-electron chi connectivity index (χ0n) is 40.1. The molecule has 0 spiro atoms. The molecule has 0 radical (unpaired) electrons. The van der Waals surface area contributed by atoms with Crippen LogP contribution in [0.5, 0.6) is 0 Å². The normalized spacial score (nSPS) is 11.5. The topological polar surface area (TPSA) is 61.4 Å². The second-order valence-corrected chi connectivity index (χ2v) is 18.7. The molecular formula is C68H44N6. The van der Waals surface area contributed by atoms with E-state index in [9.17, 15) is 0 Å². The van der Waals surface area contributed by atoms with Crippen LogP contribution >= 0.6 is 0 Å². The molecule has 346 valence electrons. The lowest BCUT2D eigenvalue weighted by atomic mass is 10.0. The standard InChI is InChI=1S/C68H44N6/c1-5-19-45(20-6-1)49-27-17-29-53(39-49)61-43-59(47-23-9-3-10-24-47)69-67(71-61)73-63-33-15-13-31-55(63)57-41-51(35-37-65(57)73)52-36-38-66-58(42-52)56-32-14-16-34-64(56)74(66)68-70-60(48-25-11-4-12-26-48)44-62(72-68)54-30-18-28-50(40-54)46-21-7-2-8-22-46/h1-44H. The highest BCUT2D eigenvalue weighted by atomic mass is 15.2. The molecule has 0 saturated carbocycles. The molecule has 0 bridgehead atoms. The summed E-state index contributed by atoms with van der Waals surface area (Å²) in [7, 11) is 0. The maximum Gasteiger partial charge on any atom is 0.235 e. The second kappa shape index (κ2) is 18.0. The molecule has 74 heavy (non-hydrogen) atoms. The molecule has 0 aliphatic heterocycles. The summed E-state index contributed by atoms with van der Waals surface area (Å²) in [5, 5.41) is 4.50. The van der Waals surface area contributed by atoms with Crippen LogP contribution in [0.1, 0.15) is 0 Å². The van der Waals surface area contributed by atoms with Crippen LogP contribution in [-0.4, -0.2) is 29.1 Å². The van der Waals surface area contributed by atoms with E-state index in [1.807, 2.05) is 12.1 Å². The number of para-hydroxylation sites is 2. The van der Waals surface area contributed by atoms with Gasteiger partial charge < -0.3 is 0 Å². The molecule has 0 atom stereocenters. The van der Waals surface area contributed by atoms with Gasteiger partial charge in [-0.15, -0.1) is 0 Å². The number of aromatic nitrogens is 6. The molecule has 0 aliphatic carbocycles. The Kier molecular flexibility index (Phi) is 10.4. The Morgan fingerprint density at radius 1 is 0.189 bits per heavy atom. The molecule has 0 N–H and O–H groups in total. The van der Waals surface area contributed by atoms with Crippen LogP contribution in [-0.2, 0) is 0 Å². The monoisotopic (exact) mass is 944 g/mol. The van der Waals surface area contributed by atoms with Crippen molar-refractivity contribution in [1.29, 1.82) is 0 Å². The number of fused-ring (bicyclic) bond motifs is 6. The van der Waals surface area contributed by atoms with E-state index in [2.05, 4.69) is 264 Å². The Morgan fingerprint density at radius 3 is 0.892 bits per heavy atom. The summed E-state index contributed by atoms with van der Waals surface area (Å²) in [5.74, 6) is 1.23. The van der Waals surface area contributed by atoms with Crippen molar-refractivity contribution in [2.45, 2.75) is 0 Å². The number of hydrogen-bond acceptors (Lipinski definition) is 4. The van der Waals surface area contributed by atoms with E-state index in [0.717, 1.165) is 122 Å². The van der Waals surface area contributed by atoms with E-state index in [1.165, 1.54) is 0 Å². The molecule has 0 aliphatic rings. The molecule has 0 fully saturated rings. The summed E-state index contributed by atoms with van der Waals surface area (Å²) >= 11 is 0. The Bertz CT molecular complexity index is 4120. The molecule has 14 aromatic rings. The highest BCUT2D eigenvalue weighted by molar-refractivity contribution is 6.12. The largest absolute Gasteiger partial charge is 0.278 e. The van der Waals surface area contributed by atoms with Crippen molar-refractivity contribution < 1.29 is 0 Å². The van der Waals surface area contributed by atoms with Gasteiger partial charge in [-0.25, -0.2) is 19.9 Å². The van der Waals surface area contributed by atoms with E-state index >= 15 is 0 Å². The minimum atomic E-state index is 0.616. The summed E-state index contributed by atoms with van der Waals surface area (Å²) < 4.78 is 4.44. The van der Waals surface area contributed by atoms with Crippen molar-refractivity contribution >= 4 is 43.6 Å². The van der Waals surface area contributed by atoms with Gasteiger partial charge in [-0.2, -0.15) is 0 Å². The van der Waals surface area contributed by atoms with Gasteiger partial charge in [0.1, 0.15) is 0 Å². The molecule has 6 heteroatoms. The Labute approximate surface area is 427 Å². The lowest BCUT2D eigenvalue weighted by molar-refractivity contribution is 0.995. The van der Waals surface area contributed by atoms with Crippen LogP contribution in [0.2, 0.25) is 0 Å². The average Bonchev–Trinajstić information content (AvgIpc) is 4.01. The van der Waals surface area contributed by atoms with Gasteiger partial charge in [-0.1, -0.05) is 206 Å². The zero-order chi connectivity index (χ0) is 49.0. The SMILES string of the molecule is c1ccc(-c2cccc(-c3cc(-c4ccccc4)nc(-n4c5ccccc5c5cc(-c6ccc7c(c6)c6ccccc6n7-c6nc(-c7ccccc7)cc(-c7cccc(-c8ccccc8)c7)n6)ccc54)n3)c2)cc1. The Balaban J connectivity index is 0.906. The van der Waals surface area contributed by atoms with Crippen molar-refractivity contribution in [3.63, 3.8) is 0 Å². The average molecular weight is 945 g/mol. The van der Waals surface area contributed by atoms with Gasteiger partial charge >= 0.3 is 0 Å². The van der Waals surface area contributed by atoms with Crippen LogP contribution < -0.4 is 0 Å². The first-order chi connectivity index (χ1) is 36.7. The first kappa shape index (κ1) is 42.8. The van der Waals surface area contributed by atoms with Gasteiger partial charge in [0.25, 0.3) is 0 Å². The molecule has 4 heterocycles. The zero-order valence-corrected chi connectivity index (χ0v) is 40.1. The van der Waals surface area contributed by atoms with Crippen LogP contribution in [0.15, 0.2) is 267 Å². The van der Waals surface area contributed by atoms with Crippen LogP contribution in [0, 0.1) is 0 Å². The Morgan fingerprint density at radius 2 is 0.486 bits per heavy atom. The third-order valence-corrected chi connectivity index (χ3v) is 14.2. The third-order valence-electron chi connectivity index (χ3n) is 14.2. The number of rotatable bonds is 9. The van der Waals surface area contributed by atoms with E-state index < -0.39 is 0 Å². The van der Waals surface area contributed by atoms with Gasteiger partial charge in [0.2, 0.25) is 11.9 Å². The number of hydrogen-bond donors (Lipinski definition) is 0. The van der Waals surface area contributed by atoms with Gasteiger partial charge in [0.15, 0.2) is 0 Å². The minimum absolute atomic E-state index is 0.616. The van der Waals surface area contributed by atoms with E-state index in [0.29, 0.717) is 11.9 Å². The van der Waals surface area contributed by atoms with Gasteiger partial charge in [-0.3, -0.25) is 9.13 Å². The molecule has 0 saturated heterocycles. The summed E-state index contributed by atoms with van der Waals surface area (Å²) in [4.78, 5) is 21.4. The van der Waals surface area contributed by atoms with E-state index in [-0.39, 0.29) is 0 Å². The molecule has 0 unspecified atom stereocenters. The van der Waals surface area contributed by atoms with Crippen molar-refractivity contribution in [2.24, 2.45) is 0 Å². The highest BCUT2D eigenvalue weighted by Gasteiger charge is 2.21. The van der Waals surface area contributed by atoms with Gasteiger partial charge in [0, 0.05) is 43.8 Å². The van der Waals surface area contributed by atoms with Gasteiger partial charge in [0.05, 0.1) is 44.8 Å². The molecule has 4 aromatic heterocycles. The summed E-state index contributed by atoms with van der Waals surface area (Å²) in [5.41, 5.74) is 18.5. The van der Waals surface area contributed by atoms with Crippen LogP contribution in [0.4, 0.5) is 0 Å². The molecule has 14 rings (SSSR count). The van der Waals surface area contributed by atoms with Crippen molar-refractivity contribution in [1.82, 2.24) is 29.1 Å². The molecule has 10 aromatic carbocycles. The highest BCUT2D eigenvalue weighted by Crippen LogP contribution is 2.40. The lowest BCUT2D eigenvalue weighted by Crippen LogP contribution is -2.04. The predicted octanol–water partition coefficient (Wildman–Crippen LogP) is 17.1. The summed E-state index contributed by atoms with van der Waals surface area (Å²) in [6.07, 6.45) is 0. The first-order valence-electron chi connectivity index (χ1n) is 25.0. The predicted molar refractivity (Wildman–Crippen MR) is 304 cm³/mol. The number of nitrogens with zero attached hydrogens (tertiary/aromatic N) is 6. The second-order valence-electron chi connectivity index (χ2n) is 18.7. The van der Waals surface area contributed by atoms with Crippen LogP contribution in [0.3, 0.4) is 0 Å². The summed E-state index contributed by atoms with van der Waals surface area (Å²) in [6.45, 7) is 0. The smallest absolute Gasteiger partial charge is 0.235 e. The van der Waals surface area contributed by atoms with E-state index in [1.54, 1.807) is 0 Å². The number of benzene rings is 10. The minimum Gasteiger partial charge on any atom is -0.278 e. The maximum atomic E-state index is 5.38. The van der Waals surface area contributed by atoms with Crippen molar-refractivity contribution in [3.05, 3.63) is 267 Å². The van der Waals surface area contributed by atoms with E-state index in [4.69, 9.17) is 19.9 Å². The van der Waals surface area contributed by atoms with Crippen molar-refractivity contribution in [2.75, 3.05) is 0 Å². The molecule has 0 amide bonds. The van der Waals surface area contributed by atoms with Crippen LogP contribution in [0.25, 0.3) is 134 Å². The summed E-state index contributed by atoms with van der Waals surface area (Å²) in [6, 6.07) is 93.9. The molecular weight excluding hydrogens is 901 g/mol. The fraction of sp³-hybridized carbons (Fsp3) is 0. The van der Waals surface area contributed by atoms with Crippen molar-refractivity contribution in [3.8, 4) is 90.3 Å². The molecule has 6 nitrogen and oxygen atoms in total. The first-order valence-corrected chi connectivity index (χ1v) is 25.0. The quantitative estimate of drug-likeness (QED) is 0.145. The maximum absolute atomic E-state index is 5.38. The third kappa shape index (κ3) is 7.61. The van der Waals surface area contributed by atoms with Gasteiger partial charge in [-0.05, 0) is 94.0 Å².